The van der Waals surface area contributed by atoms with Crippen LogP contribution in [0.25, 0.3) is 0 Å². The van der Waals surface area contributed by atoms with Gasteiger partial charge in [-0.1, -0.05) is 56.3 Å². The molecule has 0 aliphatic carbocycles. The molecule has 0 radical (unpaired) electrons. The van der Waals surface area contributed by atoms with Crippen LogP contribution in [-0.2, 0) is 29.1 Å². The maximum Gasteiger partial charge on any atom is 0.243 e. The van der Waals surface area contributed by atoms with E-state index in [1.54, 1.807) is 29.4 Å². The fourth-order valence-electron chi connectivity index (χ4n) is 3.45. The lowest BCUT2D eigenvalue weighted by Crippen LogP contribution is -2.51. The number of carbonyl (C=O) groups excluding carboxylic acids is 2. The second-order valence-corrected chi connectivity index (χ2v) is 8.03. The van der Waals surface area contributed by atoms with E-state index in [2.05, 4.69) is 10.3 Å². The van der Waals surface area contributed by atoms with Crippen LogP contribution in [0.15, 0.2) is 79.1 Å². The van der Waals surface area contributed by atoms with Gasteiger partial charge in [0.15, 0.2) is 0 Å². The summed E-state index contributed by atoms with van der Waals surface area (Å²) in [4.78, 5) is 32.1. The Kier molecular flexibility index (Phi) is 8.08. The summed E-state index contributed by atoms with van der Waals surface area (Å²) in [7, 11) is 0. The van der Waals surface area contributed by atoms with E-state index in [4.69, 9.17) is 0 Å². The van der Waals surface area contributed by atoms with E-state index in [-0.39, 0.29) is 30.1 Å². The Morgan fingerprint density at radius 2 is 1.56 bits per heavy atom. The molecule has 1 aromatic heterocycles. The Labute approximate surface area is 188 Å². The zero-order chi connectivity index (χ0) is 22.9. The van der Waals surface area contributed by atoms with Gasteiger partial charge in [-0.25, -0.2) is 4.39 Å². The van der Waals surface area contributed by atoms with Crippen molar-refractivity contribution in [2.75, 3.05) is 0 Å². The molecule has 166 valence electrons. The first-order valence-electron chi connectivity index (χ1n) is 10.7. The number of hydrogen-bond acceptors (Lipinski definition) is 3. The Hall–Kier alpha value is -3.54. The number of pyridine rings is 1. The Bertz CT molecular complexity index is 1010. The van der Waals surface area contributed by atoms with Gasteiger partial charge >= 0.3 is 0 Å². The summed E-state index contributed by atoms with van der Waals surface area (Å²) in [5.74, 6) is -0.996. The monoisotopic (exact) mass is 433 g/mol. The topological polar surface area (TPSA) is 62.3 Å². The third-order valence-electron chi connectivity index (χ3n) is 5.21. The molecule has 1 heterocycles. The highest BCUT2D eigenvalue weighted by Crippen LogP contribution is 2.18. The zero-order valence-corrected chi connectivity index (χ0v) is 18.4. The van der Waals surface area contributed by atoms with E-state index < -0.39 is 6.04 Å². The molecule has 0 bridgehead atoms. The maximum atomic E-state index is 13.4. The molecule has 0 fully saturated rings. The first kappa shape index (κ1) is 23.1. The van der Waals surface area contributed by atoms with Gasteiger partial charge in [0.25, 0.3) is 0 Å². The summed E-state index contributed by atoms with van der Waals surface area (Å²) >= 11 is 0. The minimum atomic E-state index is -0.709. The standard InChI is InChI=1S/C26H28FN3O2/c1-19(2)26(32)30(18-22-8-10-23(27)11-9-22)24(16-20-6-4-3-5-7-20)25(31)29-17-21-12-14-28-15-13-21/h3-15,19,24H,16-18H2,1-2H3,(H,29,31)/t24-/m0/s1. The number of hydrogen-bond donors (Lipinski definition) is 1. The molecule has 0 spiro atoms. The largest absolute Gasteiger partial charge is 0.350 e. The van der Waals surface area contributed by atoms with E-state index in [1.807, 2.05) is 56.3 Å². The molecule has 2 aromatic carbocycles. The van der Waals surface area contributed by atoms with Crippen LogP contribution in [0.2, 0.25) is 0 Å². The molecule has 2 amide bonds. The van der Waals surface area contributed by atoms with Crippen LogP contribution < -0.4 is 5.32 Å². The first-order chi connectivity index (χ1) is 15.4. The Morgan fingerprint density at radius 1 is 0.906 bits per heavy atom. The second kappa shape index (κ2) is 11.2. The number of rotatable bonds is 9. The lowest BCUT2D eigenvalue weighted by Gasteiger charge is -2.32. The van der Waals surface area contributed by atoms with Crippen molar-refractivity contribution in [1.82, 2.24) is 15.2 Å². The van der Waals surface area contributed by atoms with Gasteiger partial charge < -0.3 is 10.2 Å². The van der Waals surface area contributed by atoms with Gasteiger partial charge in [0.2, 0.25) is 11.8 Å². The first-order valence-corrected chi connectivity index (χ1v) is 10.7. The molecule has 6 heteroatoms. The molecule has 1 N–H and O–H groups in total. The van der Waals surface area contributed by atoms with E-state index in [1.165, 1.54) is 12.1 Å². The number of benzene rings is 2. The fourth-order valence-corrected chi connectivity index (χ4v) is 3.45. The van der Waals surface area contributed by atoms with Gasteiger partial charge in [0, 0.05) is 37.8 Å². The maximum absolute atomic E-state index is 13.4. The van der Waals surface area contributed by atoms with Crippen molar-refractivity contribution >= 4 is 11.8 Å². The molecular weight excluding hydrogens is 405 g/mol. The van der Waals surface area contributed by atoms with Crippen LogP contribution in [0.5, 0.6) is 0 Å². The van der Waals surface area contributed by atoms with Crippen LogP contribution in [-0.4, -0.2) is 27.7 Å². The van der Waals surface area contributed by atoms with E-state index in [0.29, 0.717) is 13.0 Å². The zero-order valence-electron chi connectivity index (χ0n) is 18.4. The summed E-state index contributed by atoms with van der Waals surface area (Å²) in [6, 6.07) is 18.6. The minimum Gasteiger partial charge on any atom is -0.350 e. The van der Waals surface area contributed by atoms with E-state index in [9.17, 15) is 14.0 Å². The quantitative estimate of drug-likeness (QED) is 0.552. The van der Waals surface area contributed by atoms with Crippen LogP contribution in [0.4, 0.5) is 4.39 Å². The normalized spacial score (nSPS) is 11.8. The highest BCUT2D eigenvalue weighted by molar-refractivity contribution is 5.88. The molecule has 0 unspecified atom stereocenters. The predicted octanol–water partition coefficient (Wildman–Crippen LogP) is 4.13. The van der Waals surface area contributed by atoms with Crippen LogP contribution in [0.3, 0.4) is 0 Å². The molecule has 0 aliphatic rings. The lowest BCUT2D eigenvalue weighted by molar-refractivity contribution is -0.143. The Balaban J connectivity index is 1.89. The minimum absolute atomic E-state index is 0.130. The number of amides is 2. The molecule has 0 aliphatic heterocycles. The van der Waals surface area contributed by atoms with Gasteiger partial charge in [-0.3, -0.25) is 14.6 Å². The summed E-state index contributed by atoms with van der Waals surface area (Å²) in [5.41, 5.74) is 2.64. The van der Waals surface area contributed by atoms with Crippen molar-refractivity contribution < 1.29 is 14.0 Å². The second-order valence-electron chi connectivity index (χ2n) is 8.03. The van der Waals surface area contributed by atoms with E-state index >= 15 is 0 Å². The molecular formula is C26H28FN3O2. The fraction of sp³-hybridized carbons (Fsp3) is 0.269. The van der Waals surface area contributed by atoms with Crippen molar-refractivity contribution in [1.29, 1.82) is 0 Å². The van der Waals surface area contributed by atoms with Gasteiger partial charge in [-0.05, 0) is 41.0 Å². The Morgan fingerprint density at radius 3 is 2.19 bits per heavy atom. The molecule has 3 aromatic rings. The number of nitrogens with one attached hydrogen (secondary N) is 1. The van der Waals surface area contributed by atoms with Crippen LogP contribution >= 0.6 is 0 Å². The van der Waals surface area contributed by atoms with Gasteiger partial charge in [0.1, 0.15) is 11.9 Å². The average molecular weight is 434 g/mol. The summed E-state index contributed by atoms with van der Waals surface area (Å²) in [6.07, 6.45) is 3.72. The lowest BCUT2D eigenvalue weighted by atomic mass is 10.0. The van der Waals surface area contributed by atoms with Crippen LogP contribution in [0, 0.1) is 11.7 Å². The molecule has 0 saturated heterocycles. The summed E-state index contributed by atoms with van der Waals surface area (Å²) in [5, 5.41) is 2.97. The average Bonchev–Trinajstić information content (AvgIpc) is 2.81. The third-order valence-corrected chi connectivity index (χ3v) is 5.21. The van der Waals surface area contributed by atoms with Gasteiger partial charge in [0.05, 0.1) is 0 Å². The third kappa shape index (κ3) is 6.48. The van der Waals surface area contributed by atoms with Crippen molar-refractivity contribution in [2.45, 2.75) is 39.4 Å². The smallest absolute Gasteiger partial charge is 0.243 e. The molecule has 1 atom stereocenters. The summed E-state index contributed by atoms with van der Waals surface area (Å²) < 4.78 is 13.4. The van der Waals surface area contributed by atoms with Crippen molar-refractivity contribution in [3.8, 4) is 0 Å². The van der Waals surface area contributed by atoms with Crippen LogP contribution in [0.1, 0.15) is 30.5 Å². The molecule has 3 rings (SSSR count). The number of carbonyl (C=O) groups is 2. The molecule has 0 saturated carbocycles. The van der Waals surface area contributed by atoms with E-state index in [0.717, 1.165) is 16.7 Å². The molecule has 5 nitrogen and oxygen atoms in total. The van der Waals surface area contributed by atoms with Crippen molar-refractivity contribution in [2.24, 2.45) is 5.92 Å². The summed E-state index contributed by atoms with van der Waals surface area (Å²) in [6.45, 7) is 4.19. The predicted molar refractivity (Wildman–Crippen MR) is 122 cm³/mol. The number of halogens is 1. The highest BCUT2D eigenvalue weighted by Gasteiger charge is 2.31. The molecule has 32 heavy (non-hydrogen) atoms. The van der Waals surface area contributed by atoms with Gasteiger partial charge in [-0.15, -0.1) is 0 Å². The highest BCUT2D eigenvalue weighted by atomic mass is 19.1. The van der Waals surface area contributed by atoms with Gasteiger partial charge in [-0.2, -0.15) is 0 Å². The van der Waals surface area contributed by atoms with Crippen molar-refractivity contribution in [3.63, 3.8) is 0 Å². The number of aromatic nitrogens is 1. The number of nitrogens with zero attached hydrogens (tertiary/aromatic N) is 2. The van der Waals surface area contributed by atoms with Crippen molar-refractivity contribution in [3.05, 3.63) is 102 Å². The SMILES string of the molecule is CC(C)C(=O)N(Cc1ccc(F)cc1)[C@@H](Cc1ccccc1)C(=O)NCc1ccncc1.